The smallest absolute Gasteiger partial charge is 0.308 e. The Bertz CT molecular complexity index is 989. The second kappa shape index (κ2) is 11.1. The summed E-state index contributed by atoms with van der Waals surface area (Å²) < 4.78 is 58.3. The Balaban J connectivity index is 1.59. The summed E-state index contributed by atoms with van der Waals surface area (Å²) in [6.07, 6.45) is 2.63. The first kappa shape index (κ1) is 24.4. The molecule has 0 spiro atoms. The lowest BCUT2D eigenvalue weighted by Crippen LogP contribution is -2.33. The van der Waals surface area contributed by atoms with E-state index in [1.807, 2.05) is 0 Å². The maximum Gasteiger partial charge on any atom is 0.308 e. The average Bonchev–Trinajstić information content (AvgIpc) is 2.84. The van der Waals surface area contributed by atoms with Gasteiger partial charge in [0.25, 0.3) is 5.91 Å². The van der Waals surface area contributed by atoms with E-state index in [2.05, 4.69) is 5.32 Å². The Morgan fingerprint density at radius 3 is 2.27 bits per heavy atom. The molecule has 6 nitrogen and oxygen atoms in total. The molecule has 1 amide bonds. The molecule has 0 bridgehead atoms. The van der Waals surface area contributed by atoms with Crippen LogP contribution in [0.2, 0.25) is 0 Å². The third-order valence-corrected chi connectivity index (χ3v) is 5.84. The molecule has 1 saturated carbocycles. The van der Waals surface area contributed by atoms with Crippen molar-refractivity contribution in [2.45, 2.75) is 32.3 Å². The zero-order valence-electron chi connectivity index (χ0n) is 18.5. The van der Waals surface area contributed by atoms with Crippen molar-refractivity contribution in [2.75, 3.05) is 20.8 Å². The molecule has 1 fully saturated rings. The third-order valence-electron chi connectivity index (χ3n) is 5.84. The zero-order valence-corrected chi connectivity index (χ0v) is 18.5. The highest BCUT2D eigenvalue weighted by Gasteiger charge is 2.28. The lowest BCUT2D eigenvalue weighted by molar-refractivity contribution is -0.146. The van der Waals surface area contributed by atoms with Crippen LogP contribution in [0.25, 0.3) is 0 Å². The zero-order chi connectivity index (χ0) is 24.0. The van der Waals surface area contributed by atoms with Gasteiger partial charge in [0.05, 0.1) is 25.7 Å². The molecule has 0 heterocycles. The first-order valence-electron chi connectivity index (χ1n) is 10.6. The predicted molar refractivity (Wildman–Crippen MR) is 113 cm³/mol. The van der Waals surface area contributed by atoms with Crippen molar-refractivity contribution in [1.29, 1.82) is 0 Å². The Hall–Kier alpha value is -3.23. The quantitative estimate of drug-likeness (QED) is 0.462. The highest BCUT2D eigenvalue weighted by molar-refractivity contribution is 5.94. The number of hydrogen-bond donors (Lipinski definition) is 1. The molecule has 33 heavy (non-hydrogen) atoms. The second-order valence-electron chi connectivity index (χ2n) is 7.95. The first-order chi connectivity index (χ1) is 15.8. The van der Waals surface area contributed by atoms with Gasteiger partial charge in [0, 0.05) is 6.54 Å². The molecule has 0 atom stereocenters. The molecule has 0 radical (unpaired) electrons. The van der Waals surface area contributed by atoms with E-state index >= 15 is 0 Å². The van der Waals surface area contributed by atoms with Crippen LogP contribution in [0.3, 0.4) is 0 Å². The van der Waals surface area contributed by atoms with Crippen LogP contribution in [0.15, 0.2) is 30.3 Å². The molecular formula is C24H26F3NO5. The monoisotopic (exact) mass is 465 g/mol. The Labute approximate surface area is 190 Å². The molecule has 178 valence electrons. The molecule has 2 aromatic carbocycles. The molecule has 1 aliphatic rings. The summed E-state index contributed by atoms with van der Waals surface area (Å²) in [6, 6.07) is 7.23. The van der Waals surface area contributed by atoms with Gasteiger partial charge in [-0.2, -0.15) is 4.39 Å². The van der Waals surface area contributed by atoms with E-state index in [0.717, 1.165) is 0 Å². The van der Waals surface area contributed by atoms with E-state index < -0.39 is 34.7 Å². The molecule has 0 aromatic heterocycles. The number of carbonyl (C=O) groups is 2. The van der Waals surface area contributed by atoms with E-state index in [1.54, 1.807) is 24.3 Å². The van der Waals surface area contributed by atoms with E-state index in [0.29, 0.717) is 43.1 Å². The topological polar surface area (TPSA) is 73.9 Å². The third kappa shape index (κ3) is 5.97. The minimum Gasteiger partial charge on any atom is -0.497 e. The highest BCUT2D eigenvalue weighted by Crippen LogP contribution is 2.30. The number of methoxy groups -OCH3 is 2. The van der Waals surface area contributed by atoms with Gasteiger partial charge in [0.15, 0.2) is 17.4 Å². The summed E-state index contributed by atoms with van der Waals surface area (Å²) in [6.45, 7) is 0.0161. The van der Waals surface area contributed by atoms with Crippen LogP contribution in [-0.2, 0) is 16.1 Å². The van der Waals surface area contributed by atoms with E-state index in [1.165, 1.54) is 14.2 Å². The fraction of sp³-hybridized carbons (Fsp3) is 0.417. The minimum absolute atomic E-state index is 0.0831. The number of amides is 1. The summed E-state index contributed by atoms with van der Waals surface area (Å²) in [5, 5.41) is 2.53. The van der Waals surface area contributed by atoms with Crippen molar-refractivity contribution in [3.05, 3.63) is 58.9 Å². The molecule has 3 rings (SSSR count). The fourth-order valence-corrected chi connectivity index (χ4v) is 3.85. The SMILES string of the molecule is COc1ccc(COc2c(F)cc(C(=O)NC[C@H]3CC[C@H](C(=O)OC)CC3)c(F)c2F)cc1. The number of halogens is 3. The normalized spacial score (nSPS) is 17.8. The van der Waals surface area contributed by atoms with Gasteiger partial charge in [0.1, 0.15) is 12.4 Å². The standard InChI is InChI=1S/C24H26F3NO5/c1-31-17-9-5-15(6-10-17)13-33-22-19(25)11-18(20(26)21(22)27)23(29)28-12-14-3-7-16(8-4-14)24(30)32-2/h5-6,9-11,14,16H,3-4,7-8,12-13H2,1-2H3,(H,28,29)/t14-,16-. The highest BCUT2D eigenvalue weighted by atomic mass is 19.2. The maximum atomic E-state index is 14.5. The van der Waals surface area contributed by atoms with E-state index in [9.17, 15) is 22.8 Å². The van der Waals surface area contributed by atoms with Crippen LogP contribution in [-0.4, -0.2) is 32.6 Å². The number of hydrogen-bond acceptors (Lipinski definition) is 5. The average molecular weight is 465 g/mol. The molecular weight excluding hydrogens is 439 g/mol. The lowest BCUT2D eigenvalue weighted by atomic mass is 9.82. The fourth-order valence-electron chi connectivity index (χ4n) is 3.85. The van der Waals surface area contributed by atoms with Crippen molar-refractivity contribution >= 4 is 11.9 Å². The van der Waals surface area contributed by atoms with Crippen molar-refractivity contribution in [3.8, 4) is 11.5 Å². The van der Waals surface area contributed by atoms with Gasteiger partial charge in [-0.1, -0.05) is 12.1 Å². The van der Waals surface area contributed by atoms with Crippen LogP contribution in [0.5, 0.6) is 11.5 Å². The largest absolute Gasteiger partial charge is 0.497 e. The van der Waals surface area contributed by atoms with Gasteiger partial charge in [-0.25, -0.2) is 8.78 Å². The van der Waals surface area contributed by atoms with Crippen molar-refractivity contribution < 1.29 is 37.0 Å². The number of carbonyl (C=O) groups excluding carboxylic acids is 2. The van der Waals surface area contributed by atoms with Crippen LogP contribution in [0.1, 0.15) is 41.6 Å². The van der Waals surface area contributed by atoms with Gasteiger partial charge in [0.2, 0.25) is 5.82 Å². The van der Waals surface area contributed by atoms with Gasteiger partial charge in [-0.3, -0.25) is 9.59 Å². The van der Waals surface area contributed by atoms with Crippen molar-refractivity contribution in [3.63, 3.8) is 0 Å². The number of ether oxygens (including phenoxy) is 3. The maximum absolute atomic E-state index is 14.5. The van der Waals surface area contributed by atoms with Crippen LogP contribution >= 0.6 is 0 Å². The number of esters is 1. The number of rotatable bonds is 8. The lowest BCUT2D eigenvalue weighted by Gasteiger charge is -2.27. The molecule has 0 unspecified atom stereocenters. The Morgan fingerprint density at radius 1 is 1.00 bits per heavy atom. The van der Waals surface area contributed by atoms with E-state index in [-0.39, 0.29) is 31.0 Å². The van der Waals surface area contributed by atoms with Gasteiger partial charge in [-0.15, -0.1) is 0 Å². The predicted octanol–water partition coefficient (Wildman–Crippen LogP) is 4.40. The molecule has 1 aliphatic carbocycles. The van der Waals surface area contributed by atoms with Gasteiger partial charge >= 0.3 is 5.97 Å². The molecule has 0 aliphatic heterocycles. The van der Waals surface area contributed by atoms with E-state index in [4.69, 9.17) is 14.2 Å². The summed E-state index contributed by atoms with van der Waals surface area (Å²) in [5.74, 6) is -5.74. The summed E-state index contributed by atoms with van der Waals surface area (Å²) in [4.78, 5) is 24.0. The Morgan fingerprint density at radius 2 is 1.67 bits per heavy atom. The van der Waals surface area contributed by atoms with Crippen LogP contribution in [0.4, 0.5) is 13.2 Å². The van der Waals surface area contributed by atoms with Crippen molar-refractivity contribution in [1.82, 2.24) is 5.32 Å². The van der Waals surface area contributed by atoms with Crippen LogP contribution < -0.4 is 14.8 Å². The molecule has 2 aromatic rings. The Kier molecular flexibility index (Phi) is 8.19. The molecule has 9 heteroatoms. The minimum atomic E-state index is -1.56. The van der Waals surface area contributed by atoms with Crippen LogP contribution in [0, 0.1) is 29.3 Å². The summed E-state index contributed by atoms with van der Waals surface area (Å²) in [7, 11) is 2.85. The van der Waals surface area contributed by atoms with Gasteiger partial charge < -0.3 is 19.5 Å². The molecule has 1 N–H and O–H groups in total. The first-order valence-corrected chi connectivity index (χ1v) is 10.6. The van der Waals surface area contributed by atoms with Gasteiger partial charge in [-0.05, 0) is 55.4 Å². The molecule has 0 saturated heterocycles. The number of nitrogens with one attached hydrogen (secondary N) is 1. The van der Waals surface area contributed by atoms with Crippen molar-refractivity contribution in [2.24, 2.45) is 11.8 Å². The summed E-state index contributed by atoms with van der Waals surface area (Å²) in [5.41, 5.74) is -0.135. The second-order valence-corrected chi connectivity index (χ2v) is 7.95. The summed E-state index contributed by atoms with van der Waals surface area (Å²) >= 11 is 0. The number of benzene rings is 2.